The first-order chi connectivity index (χ1) is 7.06. The summed E-state index contributed by atoms with van der Waals surface area (Å²) in [6, 6.07) is 0.0804. The van der Waals surface area contributed by atoms with Gasteiger partial charge in [0.1, 0.15) is 0 Å². The topological polar surface area (TPSA) is 76.7 Å². The summed E-state index contributed by atoms with van der Waals surface area (Å²) >= 11 is 1.53. The molecule has 0 saturated carbocycles. The molecule has 1 heterocycles. The largest absolute Gasteiger partial charge is 0.343 e. The highest BCUT2D eigenvalue weighted by molar-refractivity contribution is 7.99. The Morgan fingerprint density at radius 3 is 2.80 bits per heavy atom. The Bertz CT molecular complexity index is 357. The highest BCUT2D eigenvalue weighted by Gasteiger charge is 2.14. The Kier molecular flexibility index (Phi) is 4.41. The molecule has 0 aliphatic heterocycles. The van der Waals surface area contributed by atoms with Gasteiger partial charge >= 0.3 is 5.69 Å². The van der Waals surface area contributed by atoms with Gasteiger partial charge in [0.05, 0.1) is 0 Å². The van der Waals surface area contributed by atoms with Gasteiger partial charge in [-0.05, 0) is 13.3 Å². The second kappa shape index (κ2) is 5.37. The van der Waals surface area contributed by atoms with Crippen LogP contribution < -0.4 is 11.4 Å². The van der Waals surface area contributed by atoms with Crippen LogP contribution in [0.1, 0.15) is 27.2 Å². The number of nitrogens with one attached hydrogen (secondary N) is 1. The maximum atomic E-state index is 11.4. The molecule has 0 radical (unpaired) electrons. The minimum atomic E-state index is -0.142. The normalized spacial score (nSPS) is 15.2. The van der Waals surface area contributed by atoms with Gasteiger partial charge in [0.2, 0.25) is 0 Å². The number of hydrogen-bond donors (Lipinski definition) is 2. The predicted molar refractivity (Wildman–Crippen MR) is 62.1 cm³/mol. The van der Waals surface area contributed by atoms with Crippen LogP contribution >= 0.6 is 11.8 Å². The highest BCUT2D eigenvalue weighted by Crippen LogP contribution is 2.21. The van der Waals surface area contributed by atoms with E-state index in [2.05, 4.69) is 10.2 Å². The molecule has 1 rings (SSSR count). The van der Waals surface area contributed by atoms with Crippen molar-refractivity contribution in [2.75, 3.05) is 0 Å². The maximum absolute atomic E-state index is 11.4. The van der Waals surface area contributed by atoms with E-state index in [1.807, 2.05) is 20.8 Å². The van der Waals surface area contributed by atoms with Gasteiger partial charge < -0.3 is 5.73 Å². The van der Waals surface area contributed by atoms with Crippen molar-refractivity contribution >= 4 is 11.8 Å². The van der Waals surface area contributed by atoms with E-state index in [4.69, 9.17) is 5.73 Å². The van der Waals surface area contributed by atoms with Crippen molar-refractivity contribution in [3.63, 3.8) is 0 Å². The van der Waals surface area contributed by atoms with Crippen LogP contribution in [-0.4, -0.2) is 26.1 Å². The van der Waals surface area contributed by atoms with E-state index >= 15 is 0 Å². The minimum absolute atomic E-state index is 0.0804. The molecule has 0 saturated heterocycles. The van der Waals surface area contributed by atoms with E-state index in [1.165, 1.54) is 11.8 Å². The smallest absolute Gasteiger partial charge is 0.327 e. The molecule has 6 heteroatoms. The summed E-state index contributed by atoms with van der Waals surface area (Å²) in [5, 5.41) is 7.43. The lowest BCUT2D eigenvalue weighted by Gasteiger charge is -2.14. The minimum Gasteiger partial charge on any atom is -0.327 e. The van der Waals surface area contributed by atoms with Crippen molar-refractivity contribution in [2.45, 2.75) is 50.2 Å². The third-order valence-electron chi connectivity index (χ3n) is 2.20. The van der Waals surface area contributed by atoms with Gasteiger partial charge in [-0.15, -0.1) is 5.10 Å². The molecule has 3 N–H and O–H groups in total. The summed E-state index contributed by atoms with van der Waals surface area (Å²) in [5.41, 5.74) is 5.63. The molecule has 0 amide bonds. The summed E-state index contributed by atoms with van der Waals surface area (Å²) in [4.78, 5) is 11.4. The molecular weight excluding hydrogens is 212 g/mol. The van der Waals surface area contributed by atoms with E-state index in [0.717, 1.165) is 11.6 Å². The zero-order valence-electron chi connectivity index (χ0n) is 9.36. The summed E-state index contributed by atoms with van der Waals surface area (Å²) in [6.07, 6.45) is 0.916. The first kappa shape index (κ1) is 12.3. The van der Waals surface area contributed by atoms with Gasteiger partial charge in [-0.25, -0.2) is 9.89 Å². The Morgan fingerprint density at radius 2 is 2.27 bits per heavy atom. The lowest BCUT2D eigenvalue weighted by molar-refractivity contribution is 0.601. The number of aromatic amines is 1. The molecule has 0 bridgehead atoms. The molecule has 0 spiro atoms. The Balaban J connectivity index is 2.80. The van der Waals surface area contributed by atoms with Crippen molar-refractivity contribution < 1.29 is 0 Å². The number of nitrogens with two attached hydrogens (primary N) is 1. The molecule has 0 aliphatic carbocycles. The fourth-order valence-corrected chi connectivity index (χ4v) is 2.03. The molecule has 2 atom stereocenters. The van der Waals surface area contributed by atoms with Gasteiger partial charge in [-0.2, -0.15) is 0 Å². The van der Waals surface area contributed by atoms with Gasteiger partial charge in [0.25, 0.3) is 0 Å². The molecular formula is C9H18N4OS. The molecule has 0 fully saturated rings. The lowest BCUT2D eigenvalue weighted by atomic mass is 10.3. The predicted octanol–water partition coefficient (Wildman–Crippen LogP) is 0.809. The average Bonchev–Trinajstić information content (AvgIpc) is 2.50. The summed E-state index contributed by atoms with van der Waals surface area (Å²) in [6.45, 7) is 6.71. The van der Waals surface area contributed by atoms with Gasteiger partial charge in [-0.1, -0.05) is 25.6 Å². The van der Waals surface area contributed by atoms with Crippen LogP contribution in [0.25, 0.3) is 0 Å². The van der Waals surface area contributed by atoms with Gasteiger partial charge in [0.15, 0.2) is 5.16 Å². The summed E-state index contributed by atoms with van der Waals surface area (Å²) in [5.74, 6) is 0. The van der Waals surface area contributed by atoms with E-state index in [-0.39, 0.29) is 17.0 Å². The Hall–Kier alpha value is -0.750. The van der Waals surface area contributed by atoms with E-state index in [1.54, 1.807) is 4.57 Å². The molecule has 2 unspecified atom stereocenters. The number of aromatic nitrogens is 3. The standard InChI is InChI=1S/C9H18N4OS/c1-4-5-13-8(14)11-12-9(13)15-7(3)6(2)10/h6-7H,4-5,10H2,1-3H3,(H,11,14). The zero-order valence-corrected chi connectivity index (χ0v) is 10.2. The SMILES string of the molecule is CCCn1c(SC(C)C(C)N)n[nH]c1=O. The molecule has 86 valence electrons. The maximum Gasteiger partial charge on any atom is 0.343 e. The van der Waals surface area contributed by atoms with Crippen molar-refractivity contribution in [1.29, 1.82) is 0 Å². The van der Waals surface area contributed by atoms with Gasteiger partial charge in [-0.3, -0.25) is 4.57 Å². The Morgan fingerprint density at radius 1 is 1.60 bits per heavy atom. The summed E-state index contributed by atoms with van der Waals surface area (Å²) in [7, 11) is 0. The Labute approximate surface area is 93.4 Å². The van der Waals surface area contributed by atoms with Crippen LogP contribution in [0.4, 0.5) is 0 Å². The number of thioether (sulfide) groups is 1. The van der Waals surface area contributed by atoms with E-state index < -0.39 is 0 Å². The number of nitrogens with zero attached hydrogens (tertiary/aromatic N) is 2. The molecule has 0 aliphatic rings. The average molecular weight is 230 g/mol. The lowest BCUT2D eigenvalue weighted by Crippen LogP contribution is -2.27. The quantitative estimate of drug-likeness (QED) is 0.734. The molecule has 5 nitrogen and oxygen atoms in total. The van der Waals surface area contributed by atoms with Crippen LogP contribution in [-0.2, 0) is 6.54 Å². The molecule has 15 heavy (non-hydrogen) atoms. The van der Waals surface area contributed by atoms with E-state index in [9.17, 15) is 4.79 Å². The second-order valence-electron chi connectivity index (χ2n) is 3.65. The molecule has 1 aromatic heterocycles. The third-order valence-corrected chi connectivity index (χ3v) is 3.53. The second-order valence-corrected chi connectivity index (χ2v) is 4.99. The van der Waals surface area contributed by atoms with Crippen molar-refractivity contribution in [1.82, 2.24) is 14.8 Å². The number of rotatable bonds is 5. The van der Waals surface area contributed by atoms with Crippen LogP contribution in [0.15, 0.2) is 9.95 Å². The fourth-order valence-electron chi connectivity index (χ4n) is 1.09. The molecule has 0 aromatic carbocycles. The first-order valence-corrected chi connectivity index (χ1v) is 6.01. The fraction of sp³-hybridized carbons (Fsp3) is 0.778. The van der Waals surface area contributed by atoms with Crippen LogP contribution in [0, 0.1) is 0 Å². The van der Waals surface area contributed by atoms with Crippen LogP contribution in [0.2, 0.25) is 0 Å². The van der Waals surface area contributed by atoms with Crippen molar-refractivity contribution in [3.8, 4) is 0 Å². The van der Waals surface area contributed by atoms with Crippen molar-refractivity contribution in [2.24, 2.45) is 5.73 Å². The van der Waals surface area contributed by atoms with Crippen LogP contribution in [0.5, 0.6) is 0 Å². The third kappa shape index (κ3) is 3.10. The summed E-state index contributed by atoms with van der Waals surface area (Å²) < 4.78 is 1.66. The van der Waals surface area contributed by atoms with Gasteiger partial charge in [0, 0.05) is 17.8 Å². The van der Waals surface area contributed by atoms with Crippen LogP contribution in [0.3, 0.4) is 0 Å². The first-order valence-electron chi connectivity index (χ1n) is 5.13. The monoisotopic (exact) mass is 230 g/mol. The molecule has 1 aromatic rings. The highest BCUT2D eigenvalue weighted by atomic mass is 32.2. The number of H-pyrrole nitrogens is 1. The van der Waals surface area contributed by atoms with E-state index in [0.29, 0.717) is 6.54 Å². The van der Waals surface area contributed by atoms with Crippen molar-refractivity contribution in [3.05, 3.63) is 10.5 Å². The number of hydrogen-bond acceptors (Lipinski definition) is 4. The zero-order chi connectivity index (χ0) is 11.4.